The molecule has 6 heteroatoms. The van der Waals surface area contributed by atoms with E-state index in [-0.39, 0.29) is 18.7 Å². The smallest absolute Gasteiger partial charge is 0.329 e. The lowest BCUT2D eigenvalue weighted by Crippen LogP contribution is -2.25. The quantitative estimate of drug-likeness (QED) is 0.602. The first-order valence-electron chi connectivity index (χ1n) is 8.49. The van der Waals surface area contributed by atoms with Gasteiger partial charge in [-0.15, -0.1) is 0 Å². The van der Waals surface area contributed by atoms with Crippen molar-refractivity contribution < 1.29 is 9.90 Å². The third-order valence-corrected chi connectivity index (χ3v) is 4.78. The Labute approximate surface area is 149 Å². The first-order valence-corrected chi connectivity index (χ1v) is 8.49. The van der Waals surface area contributed by atoms with Crippen molar-refractivity contribution in [2.24, 2.45) is 7.05 Å². The van der Waals surface area contributed by atoms with Gasteiger partial charge in [0.25, 0.3) is 0 Å². The number of aryl methyl sites for hydroxylation is 2. The number of aromatic nitrogens is 3. The van der Waals surface area contributed by atoms with Crippen LogP contribution in [0.15, 0.2) is 59.5 Å². The summed E-state index contributed by atoms with van der Waals surface area (Å²) < 4.78 is 5.33. The average Bonchev–Trinajstić information content (AvgIpc) is 3.09. The maximum Gasteiger partial charge on any atom is 0.329 e. The Morgan fingerprint density at radius 3 is 2.27 bits per heavy atom. The molecule has 0 aliphatic rings. The van der Waals surface area contributed by atoms with Gasteiger partial charge in [-0.2, -0.15) is 0 Å². The standard InChI is InChI=1S/C20H19N3O3/c1-21-12-14(15-6-2-3-7-16(15)21)13-23-18-9-5-4-8-17(18)22(20(23)26)11-10-19(24)25/h2-9,12H,10-11,13H2,1H3,(H,24,25). The van der Waals surface area contributed by atoms with Gasteiger partial charge in [-0.1, -0.05) is 30.3 Å². The minimum atomic E-state index is -0.914. The molecule has 0 saturated carbocycles. The number of fused-ring (bicyclic) bond motifs is 2. The molecule has 0 radical (unpaired) electrons. The molecule has 2 aromatic carbocycles. The monoisotopic (exact) mass is 349 g/mol. The van der Waals surface area contributed by atoms with Crippen LogP contribution in [0.1, 0.15) is 12.0 Å². The fourth-order valence-corrected chi connectivity index (χ4v) is 3.57. The van der Waals surface area contributed by atoms with Gasteiger partial charge in [-0.05, 0) is 23.8 Å². The Kier molecular flexibility index (Phi) is 3.88. The summed E-state index contributed by atoms with van der Waals surface area (Å²) in [4.78, 5) is 23.9. The van der Waals surface area contributed by atoms with Crippen molar-refractivity contribution in [2.75, 3.05) is 0 Å². The molecule has 0 bridgehead atoms. The van der Waals surface area contributed by atoms with E-state index in [4.69, 9.17) is 5.11 Å². The normalized spacial score (nSPS) is 11.4. The number of nitrogens with zero attached hydrogens (tertiary/aromatic N) is 3. The van der Waals surface area contributed by atoms with Crippen molar-refractivity contribution in [3.63, 3.8) is 0 Å². The number of imidazole rings is 1. The molecule has 0 fully saturated rings. The zero-order chi connectivity index (χ0) is 18.3. The van der Waals surface area contributed by atoms with Gasteiger partial charge in [-0.25, -0.2) is 4.79 Å². The lowest BCUT2D eigenvalue weighted by molar-refractivity contribution is -0.137. The summed E-state index contributed by atoms with van der Waals surface area (Å²) in [5.41, 5.74) is 3.58. The second-order valence-electron chi connectivity index (χ2n) is 6.44. The number of hydrogen-bond donors (Lipinski definition) is 1. The molecule has 0 amide bonds. The van der Waals surface area contributed by atoms with E-state index in [9.17, 15) is 9.59 Å². The van der Waals surface area contributed by atoms with E-state index in [1.54, 1.807) is 9.13 Å². The molecular formula is C20H19N3O3. The maximum atomic E-state index is 13.0. The molecule has 0 aliphatic heterocycles. The van der Waals surface area contributed by atoms with Gasteiger partial charge in [0.15, 0.2) is 0 Å². The van der Waals surface area contributed by atoms with Gasteiger partial charge in [-0.3, -0.25) is 13.9 Å². The lowest BCUT2D eigenvalue weighted by Gasteiger charge is -2.02. The summed E-state index contributed by atoms with van der Waals surface area (Å²) in [6.07, 6.45) is 1.96. The van der Waals surface area contributed by atoms with Crippen molar-refractivity contribution in [1.29, 1.82) is 0 Å². The minimum Gasteiger partial charge on any atom is -0.481 e. The summed E-state index contributed by atoms with van der Waals surface area (Å²) in [6, 6.07) is 15.6. The van der Waals surface area contributed by atoms with E-state index in [1.807, 2.05) is 49.6 Å². The van der Waals surface area contributed by atoms with Gasteiger partial charge in [0.05, 0.1) is 24.0 Å². The molecule has 4 rings (SSSR count). The molecular weight excluding hydrogens is 330 g/mol. The topological polar surface area (TPSA) is 69.2 Å². The van der Waals surface area contributed by atoms with E-state index >= 15 is 0 Å². The van der Waals surface area contributed by atoms with Gasteiger partial charge in [0.2, 0.25) is 0 Å². The first kappa shape index (κ1) is 16.2. The molecule has 2 aromatic heterocycles. The van der Waals surface area contributed by atoms with E-state index in [0.29, 0.717) is 6.54 Å². The number of carboxylic acid groups (broad SMARTS) is 1. The van der Waals surface area contributed by atoms with E-state index in [0.717, 1.165) is 27.5 Å². The predicted molar refractivity (Wildman–Crippen MR) is 100 cm³/mol. The lowest BCUT2D eigenvalue weighted by atomic mass is 10.2. The van der Waals surface area contributed by atoms with Gasteiger partial charge >= 0.3 is 11.7 Å². The maximum absolute atomic E-state index is 13.0. The highest BCUT2D eigenvalue weighted by Crippen LogP contribution is 2.22. The van der Waals surface area contributed by atoms with E-state index in [1.165, 1.54) is 0 Å². The summed E-state index contributed by atoms with van der Waals surface area (Å²) in [5, 5.41) is 10.1. The van der Waals surface area contributed by atoms with Gasteiger partial charge in [0.1, 0.15) is 0 Å². The van der Waals surface area contributed by atoms with Crippen LogP contribution in [0.5, 0.6) is 0 Å². The fraction of sp³-hybridized carbons (Fsp3) is 0.200. The van der Waals surface area contributed by atoms with Crippen LogP contribution in [0.3, 0.4) is 0 Å². The number of aliphatic carboxylic acids is 1. The minimum absolute atomic E-state index is 0.0812. The van der Waals surface area contributed by atoms with Gasteiger partial charge in [0, 0.05) is 30.7 Å². The van der Waals surface area contributed by atoms with Crippen LogP contribution in [0.25, 0.3) is 21.9 Å². The predicted octanol–water partition coefficient (Wildman–Crippen LogP) is 2.82. The number of hydrogen-bond acceptors (Lipinski definition) is 2. The summed E-state index contributed by atoms with van der Waals surface area (Å²) in [7, 11) is 1.99. The molecule has 6 nitrogen and oxygen atoms in total. The zero-order valence-corrected chi connectivity index (χ0v) is 14.4. The van der Waals surface area contributed by atoms with Crippen molar-refractivity contribution >= 4 is 27.9 Å². The van der Waals surface area contributed by atoms with Crippen LogP contribution in [-0.4, -0.2) is 24.8 Å². The highest BCUT2D eigenvalue weighted by atomic mass is 16.4. The summed E-state index contributed by atoms with van der Waals surface area (Å²) >= 11 is 0. The Balaban J connectivity index is 1.85. The third kappa shape index (κ3) is 2.60. The average molecular weight is 349 g/mol. The number of benzene rings is 2. The van der Waals surface area contributed by atoms with E-state index < -0.39 is 5.97 Å². The van der Waals surface area contributed by atoms with E-state index in [2.05, 4.69) is 16.7 Å². The number of rotatable bonds is 5. The van der Waals surface area contributed by atoms with Crippen LogP contribution in [0.2, 0.25) is 0 Å². The molecule has 0 saturated heterocycles. The largest absolute Gasteiger partial charge is 0.481 e. The SMILES string of the molecule is Cn1cc(Cn2c(=O)n(CCC(=O)O)c3ccccc32)c2ccccc21. The molecule has 26 heavy (non-hydrogen) atoms. The molecule has 0 aliphatic carbocycles. The third-order valence-electron chi connectivity index (χ3n) is 4.78. The van der Waals surface area contributed by atoms with Crippen LogP contribution in [0, 0.1) is 0 Å². The second-order valence-corrected chi connectivity index (χ2v) is 6.44. The Morgan fingerprint density at radius 2 is 1.58 bits per heavy atom. The summed E-state index contributed by atoms with van der Waals surface area (Å²) in [6.45, 7) is 0.609. The highest BCUT2D eigenvalue weighted by Gasteiger charge is 2.15. The fourth-order valence-electron chi connectivity index (χ4n) is 3.57. The molecule has 1 N–H and O–H groups in total. The van der Waals surface area contributed by atoms with Crippen molar-refractivity contribution in [3.05, 3.63) is 70.8 Å². The van der Waals surface area contributed by atoms with Crippen LogP contribution in [0.4, 0.5) is 0 Å². The van der Waals surface area contributed by atoms with Crippen molar-refractivity contribution in [1.82, 2.24) is 13.7 Å². The van der Waals surface area contributed by atoms with Gasteiger partial charge < -0.3 is 9.67 Å². The van der Waals surface area contributed by atoms with Crippen molar-refractivity contribution in [3.8, 4) is 0 Å². The molecule has 0 spiro atoms. The Morgan fingerprint density at radius 1 is 0.962 bits per heavy atom. The number of carbonyl (C=O) groups is 1. The second kappa shape index (κ2) is 6.22. The van der Waals surface area contributed by atoms with Crippen LogP contribution >= 0.6 is 0 Å². The Hall–Kier alpha value is -3.28. The van der Waals surface area contributed by atoms with Crippen molar-refractivity contribution in [2.45, 2.75) is 19.5 Å². The molecule has 4 aromatic rings. The molecule has 0 atom stereocenters. The molecule has 132 valence electrons. The van der Waals surface area contributed by atoms with Crippen LogP contribution in [-0.2, 0) is 24.9 Å². The van der Waals surface area contributed by atoms with Crippen LogP contribution < -0.4 is 5.69 Å². The Bertz CT molecular complexity index is 1180. The highest BCUT2D eigenvalue weighted by molar-refractivity contribution is 5.84. The summed E-state index contributed by atoms with van der Waals surface area (Å²) in [5.74, 6) is -0.914. The number of para-hydroxylation sites is 3. The molecule has 2 heterocycles. The number of carboxylic acids is 1. The zero-order valence-electron chi connectivity index (χ0n) is 14.4. The first-order chi connectivity index (χ1) is 12.6. The molecule has 0 unspecified atom stereocenters.